The highest BCUT2D eigenvalue weighted by molar-refractivity contribution is 7.18. The summed E-state index contributed by atoms with van der Waals surface area (Å²) >= 11 is -1.03. The van der Waals surface area contributed by atoms with E-state index in [2.05, 4.69) is 25.4 Å². The molecule has 1 fully saturated rings. The third kappa shape index (κ3) is 2.26. The first-order valence-corrected chi connectivity index (χ1v) is 10.5. The number of hydrogen-bond donors (Lipinski definition) is 0. The second-order valence-corrected chi connectivity index (χ2v) is 14.5. The van der Waals surface area contributed by atoms with E-state index in [9.17, 15) is 0 Å². The van der Waals surface area contributed by atoms with E-state index in [1.807, 2.05) is 0 Å². The van der Waals surface area contributed by atoms with Crippen molar-refractivity contribution in [1.29, 1.82) is 0 Å². The van der Waals surface area contributed by atoms with Crippen LogP contribution >= 0.6 is 0 Å². The van der Waals surface area contributed by atoms with Crippen LogP contribution in [0.2, 0.25) is 16.9 Å². The minimum Gasteiger partial charge on any atom is -0.506 e. The Morgan fingerprint density at radius 3 is 2.30 bits per heavy atom. The molecule has 0 unspecified atom stereocenters. The second kappa shape index (κ2) is 3.18. The van der Waals surface area contributed by atoms with Gasteiger partial charge < -0.3 is 3.79 Å². The molecule has 0 aromatic carbocycles. The van der Waals surface area contributed by atoms with Gasteiger partial charge in [-0.05, 0) is 20.3 Å². The maximum absolute atomic E-state index is 5.99. The van der Waals surface area contributed by atoms with Crippen LogP contribution in [0.5, 0.6) is 0 Å². The third-order valence-corrected chi connectivity index (χ3v) is 12.5. The Bertz CT molecular complexity index is 125. The molecular formula is C7H16Al2O. The monoisotopic (exact) mass is 170 g/mol. The van der Waals surface area contributed by atoms with Crippen molar-refractivity contribution >= 4 is 24.8 Å². The van der Waals surface area contributed by atoms with E-state index in [1.165, 1.54) is 11.7 Å². The lowest BCUT2D eigenvalue weighted by Crippen LogP contribution is -2.46. The first-order valence-electron chi connectivity index (χ1n) is 4.19. The standard InChI is InChI=1S/C5H10O.2CH3.2Al/c1-4-5(2,3)6;;;;/h1,4H2,2-3H3;2*1H3;;/q-1;;;;+1. The van der Waals surface area contributed by atoms with Crippen LogP contribution in [0.1, 0.15) is 20.3 Å². The molecule has 1 nitrogen and oxygen atoms in total. The first kappa shape index (κ1) is 9.12. The molecule has 0 saturated carbocycles. The van der Waals surface area contributed by atoms with Crippen molar-refractivity contribution in [3.8, 4) is 0 Å². The Hall–Kier alpha value is 1.02. The fraction of sp³-hybridized carbons (Fsp3) is 1.00. The van der Waals surface area contributed by atoms with E-state index in [0.29, 0.717) is 0 Å². The molecule has 1 heterocycles. The van der Waals surface area contributed by atoms with Crippen molar-refractivity contribution in [1.82, 2.24) is 0 Å². The van der Waals surface area contributed by atoms with Crippen LogP contribution in [0.25, 0.3) is 0 Å². The van der Waals surface area contributed by atoms with Crippen LogP contribution in [0.4, 0.5) is 0 Å². The van der Waals surface area contributed by atoms with Crippen molar-refractivity contribution in [3.63, 3.8) is 0 Å². The zero-order valence-corrected chi connectivity index (χ0v) is 9.79. The summed E-state index contributed by atoms with van der Waals surface area (Å²) in [5.41, 5.74) is 0.227. The van der Waals surface area contributed by atoms with Gasteiger partial charge in [-0.25, -0.2) is 0 Å². The third-order valence-electron chi connectivity index (χ3n) is 2.51. The fourth-order valence-corrected chi connectivity index (χ4v) is 8.18. The van der Waals surface area contributed by atoms with Crippen molar-refractivity contribution in [3.05, 3.63) is 0 Å². The zero-order valence-electron chi connectivity index (χ0n) is 7.48. The van der Waals surface area contributed by atoms with Crippen LogP contribution in [0.15, 0.2) is 0 Å². The van der Waals surface area contributed by atoms with E-state index in [4.69, 9.17) is 3.79 Å². The Labute approximate surface area is 71.3 Å². The molecule has 0 aromatic rings. The molecule has 0 amide bonds. The highest BCUT2D eigenvalue weighted by Gasteiger charge is 2.37. The minimum atomic E-state index is -0.675. The van der Waals surface area contributed by atoms with Crippen LogP contribution in [0, 0.1) is 0 Å². The summed E-state index contributed by atoms with van der Waals surface area (Å²) in [7, 11) is 0. The van der Waals surface area contributed by atoms with E-state index in [1.54, 1.807) is 0 Å². The molecule has 0 atom stereocenters. The SMILES string of the molecule is [CH3][Al]1[CH2]CC(C)(C)[O][Al]1[CH3]. The van der Waals surface area contributed by atoms with Gasteiger partial charge in [0.05, 0.1) is 0 Å². The van der Waals surface area contributed by atoms with Crippen LogP contribution < -0.4 is 0 Å². The molecule has 1 saturated heterocycles. The predicted octanol–water partition coefficient (Wildman–Crippen LogP) is 2.01. The van der Waals surface area contributed by atoms with E-state index < -0.39 is 12.6 Å². The van der Waals surface area contributed by atoms with Gasteiger partial charge in [0.25, 0.3) is 0 Å². The second-order valence-electron chi connectivity index (χ2n) is 4.10. The van der Waals surface area contributed by atoms with Crippen LogP contribution in [0.3, 0.4) is 0 Å². The fourth-order valence-electron chi connectivity index (χ4n) is 1.49. The Kier molecular flexibility index (Phi) is 2.90. The van der Waals surface area contributed by atoms with Gasteiger partial charge in [0.1, 0.15) is 0 Å². The molecule has 0 N–H and O–H groups in total. The summed E-state index contributed by atoms with van der Waals surface area (Å²) in [4.78, 5) is 0. The van der Waals surface area contributed by atoms with Gasteiger partial charge in [-0.2, -0.15) is 0 Å². The normalized spacial score (nSPS) is 25.2. The Morgan fingerprint density at radius 2 is 1.90 bits per heavy atom. The summed E-state index contributed by atoms with van der Waals surface area (Å²) in [6, 6.07) is 0. The van der Waals surface area contributed by atoms with Crippen LogP contribution in [-0.4, -0.2) is 30.4 Å². The molecule has 0 aliphatic carbocycles. The number of hydrogen-bond acceptors (Lipinski definition) is 1. The van der Waals surface area contributed by atoms with Gasteiger partial charge in [-0.3, -0.25) is 0 Å². The molecule has 0 bridgehead atoms. The molecule has 1 rings (SSSR count). The maximum atomic E-state index is 5.99. The van der Waals surface area contributed by atoms with Gasteiger partial charge in [0.15, 0.2) is 0 Å². The minimum absolute atomic E-state index is 0.227. The summed E-state index contributed by atoms with van der Waals surface area (Å²) in [5, 5.41) is 1.51. The van der Waals surface area contributed by atoms with Crippen molar-refractivity contribution in [2.75, 3.05) is 0 Å². The summed E-state index contributed by atoms with van der Waals surface area (Å²) in [5.74, 6) is 4.84. The Morgan fingerprint density at radius 1 is 1.30 bits per heavy atom. The van der Waals surface area contributed by atoms with Gasteiger partial charge >= 0.3 is 12.6 Å². The van der Waals surface area contributed by atoms with Crippen molar-refractivity contribution < 1.29 is 3.79 Å². The van der Waals surface area contributed by atoms with Gasteiger partial charge in [-0.1, -0.05) is 11.1 Å². The van der Waals surface area contributed by atoms with E-state index in [0.717, 1.165) is 0 Å². The van der Waals surface area contributed by atoms with Crippen molar-refractivity contribution in [2.24, 2.45) is 0 Å². The van der Waals surface area contributed by atoms with Crippen molar-refractivity contribution in [2.45, 2.75) is 42.7 Å². The summed E-state index contributed by atoms with van der Waals surface area (Å²) in [6.07, 6.45) is 1.30. The highest BCUT2D eigenvalue weighted by atomic mass is 28.1. The largest absolute Gasteiger partial charge is 0.506 e. The molecule has 3 heteroatoms. The van der Waals surface area contributed by atoms with E-state index >= 15 is 0 Å². The quantitative estimate of drug-likeness (QED) is 0.505. The number of rotatable bonds is 0. The first-order chi connectivity index (χ1) is 4.51. The lowest BCUT2D eigenvalue weighted by molar-refractivity contribution is 0.103. The molecule has 1 aliphatic rings. The van der Waals surface area contributed by atoms with Gasteiger partial charge in [0, 0.05) is 5.60 Å². The lowest BCUT2D eigenvalue weighted by atomic mass is 10.1. The topological polar surface area (TPSA) is 9.23 Å². The molecule has 56 valence electrons. The summed E-state index contributed by atoms with van der Waals surface area (Å²) in [6.45, 7) is 4.47. The summed E-state index contributed by atoms with van der Waals surface area (Å²) < 4.78 is 5.99. The molecule has 0 spiro atoms. The average molecular weight is 170 g/mol. The smallest absolute Gasteiger partial charge is 0.374 e. The molecule has 1 aliphatic heterocycles. The van der Waals surface area contributed by atoms with Gasteiger partial charge in [-0.15, -0.1) is 5.79 Å². The molecule has 0 aromatic heterocycles. The predicted molar refractivity (Wildman–Crippen MR) is 47.8 cm³/mol. The maximum Gasteiger partial charge on any atom is 0.374 e. The van der Waals surface area contributed by atoms with E-state index in [-0.39, 0.29) is 17.8 Å². The molecular weight excluding hydrogens is 154 g/mol. The average Bonchev–Trinajstić information content (AvgIpc) is 1.79. The molecule has 0 radical (unpaired) electrons. The zero-order chi connectivity index (χ0) is 7.78. The highest BCUT2D eigenvalue weighted by Crippen LogP contribution is 2.25. The van der Waals surface area contributed by atoms with Crippen LogP contribution in [-0.2, 0) is 3.79 Å². The molecule has 10 heavy (non-hydrogen) atoms. The Balaban J connectivity index is 2.49. The van der Waals surface area contributed by atoms with Gasteiger partial charge in [0.2, 0.25) is 12.2 Å². The lowest BCUT2D eigenvalue weighted by Gasteiger charge is -2.36.